The van der Waals surface area contributed by atoms with Crippen molar-refractivity contribution in [3.05, 3.63) is 25.3 Å². The lowest BCUT2D eigenvalue weighted by Gasteiger charge is -2.46. The molecule has 0 radical (unpaired) electrons. The van der Waals surface area contributed by atoms with Crippen LogP contribution in [0.4, 0.5) is 0 Å². The van der Waals surface area contributed by atoms with Crippen molar-refractivity contribution in [2.45, 2.75) is 110 Å². The van der Waals surface area contributed by atoms with Crippen LogP contribution < -0.4 is 0 Å². The first-order valence-corrected chi connectivity index (χ1v) is 14.8. The van der Waals surface area contributed by atoms with Gasteiger partial charge in [0.25, 0.3) is 0 Å². The number of carbonyl (C=O) groups is 3. The average molecular weight is 560 g/mol. The van der Waals surface area contributed by atoms with Crippen molar-refractivity contribution in [2.75, 3.05) is 26.7 Å². The van der Waals surface area contributed by atoms with E-state index in [4.69, 9.17) is 4.74 Å². The molecule has 8 heteroatoms. The van der Waals surface area contributed by atoms with Gasteiger partial charge in [0.05, 0.1) is 30.1 Å². The van der Waals surface area contributed by atoms with E-state index in [1.165, 1.54) is 0 Å². The molecule has 8 nitrogen and oxygen atoms in total. The zero-order valence-electron chi connectivity index (χ0n) is 26.3. The first kappa shape index (κ1) is 32.3. The largest absolute Gasteiger partial charge is 0.394 e. The number of amides is 3. The van der Waals surface area contributed by atoms with E-state index < -0.39 is 40.7 Å². The average Bonchev–Trinajstić information content (AvgIpc) is 3.39. The maximum Gasteiger partial charge on any atom is 0.249 e. The maximum atomic E-state index is 14.9. The van der Waals surface area contributed by atoms with Crippen molar-refractivity contribution < 1.29 is 24.2 Å². The highest BCUT2D eigenvalue weighted by atomic mass is 16.5. The maximum absolute atomic E-state index is 14.9. The number of ether oxygens (including phenoxy) is 1. The van der Waals surface area contributed by atoms with Crippen LogP contribution in [0.1, 0.15) is 81.1 Å². The fraction of sp³-hybridized carbons (Fsp3) is 0.781. The normalized spacial score (nSPS) is 30.4. The van der Waals surface area contributed by atoms with Crippen LogP contribution in [0.5, 0.6) is 0 Å². The predicted molar refractivity (Wildman–Crippen MR) is 157 cm³/mol. The van der Waals surface area contributed by atoms with Gasteiger partial charge in [0.1, 0.15) is 11.6 Å². The Morgan fingerprint density at radius 1 is 1.12 bits per heavy atom. The number of nitrogens with zero attached hydrogens (tertiary/aromatic N) is 3. The number of aliphatic hydroxyl groups excluding tert-OH is 1. The number of fused-ring (bicyclic) bond motifs is 1. The van der Waals surface area contributed by atoms with E-state index in [9.17, 15) is 19.5 Å². The number of hydrogen-bond acceptors (Lipinski definition) is 5. The highest BCUT2D eigenvalue weighted by Gasteiger charge is 2.79. The molecule has 2 bridgehead atoms. The highest BCUT2D eigenvalue weighted by molar-refractivity contribution is 5.99. The van der Waals surface area contributed by atoms with Gasteiger partial charge in [0, 0.05) is 25.7 Å². The molecule has 1 spiro atoms. The Labute approximate surface area is 241 Å². The van der Waals surface area contributed by atoms with E-state index in [1.807, 2.05) is 25.7 Å². The molecule has 3 fully saturated rings. The summed E-state index contributed by atoms with van der Waals surface area (Å²) in [6, 6.07) is -1.50. The number of hydrogen-bond donors (Lipinski definition) is 1. The third-order valence-corrected chi connectivity index (χ3v) is 9.11. The zero-order valence-corrected chi connectivity index (χ0v) is 26.3. The second kappa shape index (κ2) is 11.2. The molecule has 40 heavy (non-hydrogen) atoms. The van der Waals surface area contributed by atoms with Gasteiger partial charge >= 0.3 is 0 Å². The lowest BCUT2D eigenvalue weighted by atomic mass is 9.66. The van der Waals surface area contributed by atoms with Crippen molar-refractivity contribution in [2.24, 2.45) is 23.2 Å². The summed E-state index contributed by atoms with van der Waals surface area (Å²) in [6.07, 6.45) is 5.73. The van der Waals surface area contributed by atoms with Gasteiger partial charge in [-0.05, 0) is 57.8 Å². The van der Waals surface area contributed by atoms with Crippen LogP contribution in [-0.4, -0.2) is 93.1 Å². The lowest BCUT2D eigenvalue weighted by molar-refractivity contribution is -0.160. The molecular formula is C32H53N3O5. The molecule has 3 amide bonds. The topological polar surface area (TPSA) is 90.4 Å². The molecule has 3 aliphatic rings. The van der Waals surface area contributed by atoms with Crippen molar-refractivity contribution in [3.63, 3.8) is 0 Å². The summed E-state index contributed by atoms with van der Waals surface area (Å²) in [6.45, 7) is 24.6. The van der Waals surface area contributed by atoms with Crippen molar-refractivity contribution in [3.8, 4) is 0 Å². The van der Waals surface area contributed by atoms with Crippen LogP contribution in [0.15, 0.2) is 25.3 Å². The van der Waals surface area contributed by atoms with Crippen LogP contribution >= 0.6 is 0 Å². The molecule has 226 valence electrons. The molecule has 0 aliphatic carbocycles. The van der Waals surface area contributed by atoms with E-state index in [1.54, 1.807) is 29.0 Å². The lowest BCUT2D eigenvalue weighted by Crippen LogP contribution is -2.62. The monoisotopic (exact) mass is 559 g/mol. The van der Waals surface area contributed by atoms with Gasteiger partial charge in [-0.15, -0.1) is 13.2 Å². The molecule has 0 aromatic rings. The molecule has 2 unspecified atom stereocenters. The number of rotatable bonds is 12. The molecule has 0 aromatic heterocycles. The van der Waals surface area contributed by atoms with Crippen LogP contribution in [0.3, 0.4) is 0 Å². The Balaban J connectivity index is 2.19. The van der Waals surface area contributed by atoms with Crippen LogP contribution in [-0.2, 0) is 19.1 Å². The molecule has 0 aromatic carbocycles. The molecule has 6 atom stereocenters. The number of likely N-dealkylation sites (N-methyl/N-ethyl adjacent to an activating group) is 1. The second-order valence-electron chi connectivity index (χ2n) is 14.7. The van der Waals surface area contributed by atoms with Gasteiger partial charge in [-0.2, -0.15) is 0 Å². The molecule has 3 heterocycles. The third-order valence-electron chi connectivity index (χ3n) is 9.11. The summed E-state index contributed by atoms with van der Waals surface area (Å²) in [5.74, 6) is -1.96. The number of aliphatic hydroxyl groups is 1. The van der Waals surface area contributed by atoms with E-state index >= 15 is 0 Å². The van der Waals surface area contributed by atoms with Gasteiger partial charge in [-0.1, -0.05) is 46.8 Å². The molecule has 3 saturated heterocycles. The Hall–Kier alpha value is -2.19. The minimum Gasteiger partial charge on any atom is -0.394 e. The summed E-state index contributed by atoms with van der Waals surface area (Å²) in [7, 11) is 1.71. The Kier molecular flexibility index (Phi) is 9.08. The van der Waals surface area contributed by atoms with Crippen LogP contribution in [0.2, 0.25) is 0 Å². The Morgan fingerprint density at radius 2 is 1.73 bits per heavy atom. The van der Waals surface area contributed by atoms with E-state index in [0.717, 1.165) is 6.42 Å². The van der Waals surface area contributed by atoms with Gasteiger partial charge in [-0.25, -0.2) is 0 Å². The summed E-state index contributed by atoms with van der Waals surface area (Å²) < 4.78 is 6.82. The highest BCUT2D eigenvalue weighted by Crippen LogP contribution is 2.64. The number of likely N-dealkylation sites (tertiary alicyclic amines) is 1. The van der Waals surface area contributed by atoms with Crippen molar-refractivity contribution in [1.29, 1.82) is 0 Å². The Morgan fingerprint density at radius 3 is 2.23 bits per heavy atom. The summed E-state index contributed by atoms with van der Waals surface area (Å²) in [4.78, 5) is 48.3. The van der Waals surface area contributed by atoms with Gasteiger partial charge in [0.15, 0.2) is 0 Å². The smallest absolute Gasteiger partial charge is 0.249 e. The van der Waals surface area contributed by atoms with Gasteiger partial charge in [0.2, 0.25) is 17.7 Å². The first-order valence-electron chi connectivity index (χ1n) is 14.8. The summed E-state index contributed by atoms with van der Waals surface area (Å²) >= 11 is 0. The standard InChI is InChI=1S/C32H53N3O5/c1-12-16-33(11)26(37)23-24-27(38)35(22(19-36)18-21(3)4)25(32(24)15-14-31(23,10)40-32)28(39)34(17-13-2)30(8,9)20-29(5,6)7/h12-13,21-25,36H,1-2,14-20H2,3-11H3/t22-,23+,24+,25?,31-,32?/m1/s1. The first-order chi connectivity index (χ1) is 18.4. The second-order valence-corrected chi connectivity index (χ2v) is 14.7. The minimum atomic E-state index is -1.14. The third kappa shape index (κ3) is 5.50. The van der Waals surface area contributed by atoms with Crippen molar-refractivity contribution >= 4 is 17.7 Å². The van der Waals surface area contributed by atoms with Crippen molar-refractivity contribution in [1.82, 2.24) is 14.7 Å². The summed E-state index contributed by atoms with van der Waals surface area (Å²) in [5.41, 5.74) is -2.59. The molecule has 1 N–H and O–H groups in total. The van der Waals surface area contributed by atoms with E-state index in [2.05, 4.69) is 47.8 Å². The predicted octanol–water partition coefficient (Wildman–Crippen LogP) is 4.03. The molecular weight excluding hydrogens is 506 g/mol. The minimum absolute atomic E-state index is 0.0521. The SMILES string of the molecule is C=CCN(C)C(=O)[C@@H]1[C@H]2C(=O)N([C@@H](CO)CC(C)C)C(C(=O)N(CC=C)C(C)(C)CC(C)(C)C)C23CC[C@@]1(C)O3. The molecule has 3 rings (SSSR count). The van der Waals surface area contributed by atoms with E-state index in [-0.39, 0.29) is 35.7 Å². The van der Waals surface area contributed by atoms with Gasteiger partial charge in [-0.3, -0.25) is 14.4 Å². The fourth-order valence-corrected chi connectivity index (χ4v) is 8.06. The quantitative estimate of drug-likeness (QED) is 0.365. The van der Waals surface area contributed by atoms with E-state index in [0.29, 0.717) is 32.4 Å². The number of carbonyl (C=O) groups excluding carboxylic acids is 3. The van der Waals surface area contributed by atoms with Crippen LogP contribution in [0.25, 0.3) is 0 Å². The molecule has 3 aliphatic heterocycles. The Bertz CT molecular complexity index is 1020. The van der Waals surface area contributed by atoms with Gasteiger partial charge < -0.3 is 24.5 Å². The zero-order chi connectivity index (χ0) is 30.4. The van der Waals surface area contributed by atoms with Crippen LogP contribution in [0, 0.1) is 23.2 Å². The molecule has 0 saturated carbocycles. The summed E-state index contributed by atoms with van der Waals surface area (Å²) in [5, 5.41) is 10.6. The fourth-order valence-electron chi connectivity index (χ4n) is 8.06.